The smallest absolute Gasteiger partial charge is 0.336 e. The first-order valence-corrected chi connectivity index (χ1v) is 19.0. The predicted octanol–water partition coefficient (Wildman–Crippen LogP) is 5.62. The zero-order chi connectivity index (χ0) is 37.2. The molecule has 0 saturated heterocycles. The van der Waals surface area contributed by atoms with Crippen molar-refractivity contribution in [1.82, 2.24) is 0 Å². The number of rotatable bonds is 27. The average Bonchev–Trinajstić information content (AvgIpc) is 3.41. The SMILES string of the molecule is CCN(CCOCCOCCOCCOCC[N+](CC)(CC)CCCS(=O)(=O)O)c1ccc(/N=N/c2sc([N+](=O)[O-])c(C)c2[N+](=O)[O-])c(C)c1. The highest BCUT2D eigenvalue weighted by molar-refractivity contribution is 7.85. The van der Waals surface area contributed by atoms with E-state index in [4.69, 9.17) is 23.5 Å². The molecule has 1 heterocycles. The standard InChI is InChI=1S/C31H50N6O11S2/c1-6-34(27-10-11-28(25(4)24-27)32-33-30-29(35(38)39)26(5)31(49-30)36(40)41)12-15-45-17-19-47-21-22-48-20-18-46-16-14-37(7-2,8-3)13-9-23-50(42,43)44/h10-11,24H,6-9,12-23H2,1-5H3/p+1/b33-32+. The molecule has 0 spiro atoms. The lowest BCUT2D eigenvalue weighted by Crippen LogP contribution is -2.50. The Morgan fingerprint density at radius 2 is 1.44 bits per heavy atom. The van der Waals surface area contributed by atoms with Gasteiger partial charge < -0.3 is 28.3 Å². The van der Waals surface area contributed by atoms with Gasteiger partial charge in [0.15, 0.2) is 0 Å². The van der Waals surface area contributed by atoms with Crippen LogP contribution in [0.5, 0.6) is 0 Å². The zero-order valence-corrected chi connectivity index (χ0v) is 31.2. The molecule has 0 amide bonds. The zero-order valence-electron chi connectivity index (χ0n) is 29.6. The molecule has 17 nitrogen and oxygen atoms in total. The van der Waals surface area contributed by atoms with Gasteiger partial charge in [0.1, 0.15) is 12.1 Å². The van der Waals surface area contributed by atoms with Crippen molar-refractivity contribution < 1.29 is 46.2 Å². The fraction of sp³-hybridized carbons (Fsp3) is 0.677. The quantitative estimate of drug-likeness (QED) is 0.0295. The normalized spacial score (nSPS) is 12.2. The summed E-state index contributed by atoms with van der Waals surface area (Å²) in [6, 6.07) is 5.56. The van der Waals surface area contributed by atoms with E-state index in [9.17, 15) is 28.6 Å². The van der Waals surface area contributed by atoms with Crippen molar-refractivity contribution in [3.63, 3.8) is 0 Å². The van der Waals surface area contributed by atoms with Gasteiger partial charge in [0.2, 0.25) is 5.00 Å². The molecule has 50 heavy (non-hydrogen) atoms. The number of aryl methyl sites for hydroxylation is 1. The number of ether oxygens (including phenoxy) is 4. The van der Waals surface area contributed by atoms with Crippen molar-refractivity contribution in [1.29, 1.82) is 0 Å². The number of thiophene rings is 1. The molecule has 0 atom stereocenters. The second-order valence-electron chi connectivity index (χ2n) is 11.5. The summed E-state index contributed by atoms with van der Waals surface area (Å²) in [4.78, 5) is 23.5. The highest BCUT2D eigenvalue weighted by Crippen LogP contribution is 2.46. The number of anilines is 1. The number of hydrogen-bond acceptors (Lipinski definition) is 14. The van der Waals surface area contributed by atoms with Gasteiger partial charge >= 0.3 is 10.7 Å². The van der Waals surface area contributed by atoms with Crippen molar-refractivity contribution in [2.24, 2.45) is 10.2 Å². The highest BCUT2D eigenvalue weighted by Gasteiger charge is 2.31. The van der Waals surface area contributed by atoms with Gasteiger partial charge in [0.05, 0.1) is 93.8 Å². The van der Waals surface area contributed by atoms with Crippen LogP contribution in [-0.4, -0.2) is 125 Å². The largest absolute Gasteiger partial charge is 0.377 e. The van der Waals surface area contributed by atoms with Gasteiger partial charge in [-0.1, -0.05) is 0 Å². The van der Waals surface area contributed by atoms with Gasteiger partial charge in [-0.05, 0) is 69.7 Å². The van der Waals surface area contributed by atoms with Crippen molar-refractivity contribution in [3.8, 4) is 0 Å². The van der Waals surface area contributed by atoms with Crippen LogP contribution in [-0.2, 0) is 29.1 Å². The summed E-state index contributed by atoms with van der Waals surface area (Å²) in [7, 11) is -3.94. The third-order valence-corrected chi connectivity index (χ3v) is 10.2. The molecule has 0 aliphatic heterocycles. The Bertz CT molecular complexity index is 1500. The van der Waals surface area contributed by atoms with Gasteiger partial charge in [-0.15, -0.1) is 10.2 Å². The maximum Gasteiger partial charge on any atom is 0.336 e. The third-order valence-electron chi connectivity index (χ3n) is 8.30. The van der Waals surface area contributed by atoms with Crippen LogP contribution in [0.4, 0.5) is 27.1 Å². The molecule has 2 aromatic rings. The Morgan fingerprint density at radius 1 is 0.860 bits per heavy atom. The molecular formula is C31H51N6O11S2+. The number of likely N-dealkylation sites (N-methyl/N-ethyl adjacent to an activating group) is 2. The van der Waals surface area contributed by atoms with E-state index in [1.54, 1.807) is 6.07 Å². The van der Waals surface area contributed by atoms with Crippen molar-refractivity contribution in [2.45, 2.75) is 41.0 Å². The number of hydrogen-bond donors (Lipinski definition) is 1. The molecule has 0 saturated carbocycles. The maximum atomic E-state index is 11.5. The lowest BCUT2D eigenvalue weighted by atomic mass is 10.1. The summed E-state index contributed by atoms with van der Waals surface area (Å²) >= 11 is 0.626. The molecule has 2 rings (SSSR count). The molecule has 0 radical (unpaired) electrons. The Kier molecular flexibility index (Phi) is 18.8. The Morgan fingerprint density at radius 3 is 1.94 bits per heavy atom. The van der Waals surface area contributed by atoms with Gasteiger partial charge in [0, 0.05) is 25.2 Å². The first-order valence-electron chi connectivity index (χ1n) is 16.6. The van der Waals surface area contributed by atoms with Crippen LogP contribution >= 0.6 is 11.3 Å². The second kappa shape index (κ2) is 21.9. The first kappa shape index (κ1) is 43.0. The van der Waals surface area contributed by atoms with Gasteiger partial charge in [0.25, 0.3) is 10.1 Å². The van der Waals surface area contributed by atoms with E-state index in [1.165, 1.54) is 6.92 Å². The molecule has 0 unspecified atom stereocenters. The highest BCUT2D eigenvalue weighted by atomic mass is 32.2. The predicted molar refractivity (Wildman–Crippen MR) is 191 cm³/mol. The van der Waals surface area contributed by atoms with Crippen LogP contribution in [0.15, 0.2) is 28.4 Å². The fourth-order valence-electron chi connectivity index (χ4n) is 5.20. The molecule has 0 bridgehead atoms. The van der Waals surface area contributed by atoms with Gasteiger partial charge in [-0.2, -0.15) is 8.42 Å². The molecule has 282 valence electrons. The first-order chi connectivity index (χ1) is 23.8. The minimum absolute atomic E-state index is 0.0415. The van der Waals surface area contributed by atoms with Crippen molar-refractivity contribution >= 4 is 48.5 Å². The number of nitrogens with zero attached hydrogens (tertiary/aromatic N) is 6. The molecule has 0 fully saturated rings. The molecule has 1 aromatic carbocycles. The van der Waals surface area contributed by atoms with Crippen molar-refractivity contribution in [2.75, 3.05) is 103 Å². The molecular weight excluding hydrogens is 697 g/mol. The summed E-state index contributed by atoms with van der Waals surface area (Å²) in [6.45, 7) is 17.5. The minimum atomic E-state index is -3.94. The van der Waals surface area contributed by atoms with Crippen LogP contribution in [0.1, 0.15) is 38.3 Å². The van der Waals surface area contributed by atoms with Crippen LogP contribution in [0.2, 0.25) is 0 Å². The van der Waals surface area contributed by atoms with Crippen LogP contribution in [0, 0.1) is 34.1 Å². The van der Waals surface area contributed by atoms with Crippen molar-refractivity contribution in [3.05, 3.63) is 49.6 Å². The van der Waals surface area contributed by atoms with Gasteiger partial charge in [-0.3, -0.25) is 24.8 Å². The average molecular weight is 748 g/mol. The number of azo groups is 1. The van der Waals surface area contributed by atoms with E-state index in [2.05, 4.69) is 29.0 Å². The number of quaternary nitrogens is 1. The maximum absolute atomic E-state index is 11.5. The van der Waals surface area contributed by atoms with E-state index in [0.29, 0.717) is 89.4 Å². The molecule has 1 N–H and O–H groups in total. The summed E-state index contributed by atoms with van der Waals surface area (Å²) in [6.07, 6.45) is 0.408. The third kappa shape index (κ3) is 14.6. The number of benzene rings is 1. The molecule has 0 aliphatic rings. The van der Waals surface area contributed by atoms with E-state index in [1.807, 2.05) is 26.0 Å². The minimum Gasteiger partial charge on any atom is -0.377 e. The lowest BCUT2D eigenvalue weighted by Gasteiger charge is -2.36. The molecule has 0 aliphatic carbocycles. The Balaban J connectivity index is 1.63. The van der Waals surface area contributed by atoms with Crippen LogP contribution in [0.25, 0.3) is 0 Å². The number of nitro groups is 2. The Labute approximate surface area is 297 Å². The second-order valence-corrected chi connectivity index (χ2v) is 14.0. The summed E-state index contributed by atoms with van der Waals surface area (Å²) < 4.78 is 54.4. The monoisotopic (exact) mass is 747 g/mol. The molecule has 19 heteroatoms. The van der Waals surface area contributed by atoms with Crippen LogP contribution < -0.4 is 4.90 Å². The van der Waals surface area contributed by atoms with Crippen LogP contribution in [0.3, 0.4) is 0 Å². The summed E-state index contributed by atoms with van der Waals surface area (Å²) in [5.41, 5.74) is 1.78. The Hall–Kier alpha value is -3.17. The fourth-order valence-corrected chi connectivity index (χ4v) is 6.61. The topological polar surface area (TPSA) is 206 Å². The summed E-state index contributed by atoms with van der Waals surface area (Å²) in [5, 5.41) is 30.4. The van der Waals surface area contributed by atoms with Gasteiger partial charge in [-0.25, -0.2) is 0 Å². The lowest BCUT2D eigenvalue weighted by molar-refractivity contribution is -0.925. The van der Waals surface area contributed by atoms with E-state index in [0.717, 1.165) is 41.9 Å². The molecule has 1 aromatic heterocycles. The summed E-state index contributed by atoms with van der Waals surface area (Å²) in [5.74, 6) is -0.226. The van der Waals surface area contributed by atoms with E-state index >= 15 is 0 Å². The van der Waals surface area contributed by atoms with E-state index in [-0.39, 0.29) is 21.3 Å². The van der Waals surface area contributed by atoms with E-state index < -0.39 is 25.7 Å².